The zero-order valence-electron chi connectivity index (χ0n) is 28.2. The van der Waals surface area contributed by atoms with Crippen LogP contribution >= 0.6 is 0 Å². The van der Waals surface area contributed by atoms with Gasteiger partial charge in [-0.1, -0.05) is 29.9 Å². The number of phenols is 1. The summed E-state index contributed by atoms with van der Waals surface area (Å²) in [5.74, 6) is -0.936. The predicted octanol–water partition coefficient (Wildman–Crippen LogP) is 6.26. The van der Waals surface area contributed by atoms with E-state index >= 15 is 0 Å². The van der Waals surface area contributed by atoms with E-state index < -0.39 is 40.2 Å². The van der Waals surface area contributed by atoms with Gasteiger partial charge in [0.05, 0.1) is 17.3 Å². The number of aromatic hydroxyl groups is 1. The van der Waals surface area contributed by atoms with E-state index in [1.807, 2.05) is 46.8 Å². The molecule has 9 nitrogen and oxygen atoms in total. The Labute approximate surface area is 275 Å². The highest BCUT2D eigenvalue weighted by Crippen LogP contribution is 2.68. The molecule has 47 heavy (non-hydrogen) atoms. The quantitative estimate of drug-likeness (QED) is 0.172. The fraction of sp³-hybridized carbons (Fsp3) is 0.500. The molecule has 2 N–H and O–H groups in total. The number of ketones is 2. The number of hydrogen-bond acceptors (Lipinski definition) is 9. The van der Waals surface area contributed by atoms with Gasteiger partial charge in [0.15, 0.2) is 22.8 Å². The number of carbonyl (C=O) groups is 3. The third-order valence-corrected chi connectivity index (χ3v) is 10.7. The summed E-state index contributed by atoms with van der Waals surface area (Å²) < 4.78 is 25.6. The van der Waals surface area contributed by atoms with E-state index in [4.69, 9.17) is 18.9 Å². The van der Waals surface area contributed by atoms with Crippen molar-refractivity contribution >= 4 is 24.1 Å². The van der Waals surface area contributed by atoms with Gasteiger partial charge in [-0.3, -0.25) is 14.4 Å². The topological polar surface area (TPSA) is 129 Å². The lowest BCUT2D eigenvalue weighted by Crippen LogP contribution is -2.72. The molecule has 6 aliphatic rings. The molecule has 3 unspecified atom stereocenters. The van der Waals surface area contributed by atoms with Crippen molar-refractivity contribution in [2.75, 3.05) is 0 Å². The van der Waals surface area contributed by atoms with Crippen molar-refractivity contribution < 1.29 is 43.5 Å². The van der Waals surface area contributed by atoms with Gasteiger partial charge in [-0.2, -0.15) is 0 Å². The fourth-order valence-electron chi connectivity index (χ4n) is 8.22. The smallest absolute Gasteiger partial charge is 0.298 e. The summed E-state index contributed by atoms with van der Waals surface area (Å²) in [6.07, 6.45) is 9.93. The van der Waals surface area contributed by atoms with Crippen LogP contribution < -0.4 is 9.47 Å². The molecule has 3 heterocycles. The minimum Gasteiger partial charge on any atom is -0.506 e. The molecule has 0 aromatic heterocycles. The molecule has 1 spiro atoms. The fourth-order valence-corrected chi connectivity index (χ4v) is 8.22. The Bertz CT molecular complexity index is 1720. The van der Waals surface area contributed by atoms with Crippen LogP contribution in [-0.2, 0) is 25.5 Å². The van der Waals surface area contributed by atoms with Crippen molar-refractivity contribution in [2.24, 2.45) is 11.8 Å². The number of Topliss-reactive ketones (excluding diaryl/α,β-unsaturated/α-hetero) is 2. The number of benzene rings is 1. The molecule has 1 aromatic carbocycles. The molecule has 250 valence electrons. The molecule has 0 amide bonds. The van der Waals surface area contributed by atoms with Crippen molar-refractivity contribution in [3.05, 3.63) is 70.1 Å². The predicted molar refractivity (Wildman–Crippen MR) is 175 cm³/mol. The first-order valence-corrected chi connectivity index (χ1v) is 16.3. The van der Waals surface area contributed by atoms with Crippen molar-refractivity contribution in [1.29, 1.82) is 0 Å². The number of allylic oxidation sites excluding steroid dienone is 4. The van der Waals surface area contributed by atoms with Crippen molar-refractivity contribution in [3.63, 3.8) is 0 Å². The van der Waals surface area contributed by atoms with Crippen LogP contribution in [0.3, 0.4) is 0 Å². The molecule has 0 radical (unpaired) electrons. The van der Waals surface area contributed by atoms with Crippen LogP contribution in [0.2, 0.25) is 0 Å². The van der Waals surface area contributed by atoms with E-state index in [0.29, 0.717) is 65.9 Å². The molecule has 6 atom stereocenters. The minimum absolute atomic E-state index is 0.0183. The maximum atomic E-state index is 14.7. The summed E-state index contributed by atoms with van der Waals surface area (Å²) in [7, 11) is 0. The van der Waals surface area contributed by atoms with Crippen LogP contribution in [0, 0.1) is 11.8 Å². The largest absolute Gasteiger partial charge is 0.506 e. The monoisotopic (exact) mass is 644 g/mol. The normalized spacial score (nSPS) is 31.5. The molecular formula is C38H44O9. The molecule has 3 aliphatic carbocycles. The van der Waals surface area contributed by atoms with E-state index in [-0.39, 0.29) is 35.2 Å². The summed E-state index contributed by atoms with van der Waals surface area (Å²) >= 11 is 0. The van der Waals surface area contributed by atoms with Crippen molar-refractivity contribution in [3.8, 4) is 17.2 Å². The van der Waals surface area contributed by atoms with Crippen LogP contribution in [-0.4, -0.2) is 56.8 Å². The highest BCUT2D eigenvalue weighted by molar-refractivity contribution is 6.19. The second-order valence-electron chi connectivity index (χ2n) is 14.7. The highest BCUT2D eigenvalue weighted by Gasteiger charge is 2.81. The van der Waals surface area contributed by atoms with E-state index in [0.717, 1.165) is 5.57 Å². The maximum absolute atomic E-state index is 14.7. The molecule has 7 rings (SSSR count). The second kappa shape index (κ2) is 11.1. The van der Waals surface area contributed by atoms with Crippen LogP contribution in [0.1, 0.15) is 95.6 Å². The first-order valence-electron chi connectivity index (χ1n) is 16.3. The van der Waals surface area contributed by atoms with Crippen LogP contribution in [0.4, 0.5) is 0 Å². The Balaban J connectivity index is 1.56. The average Bonchev–Trinajstić information content (AvgIpc) is 3.15. The van der Waals surface area contributed by atoms with Crippen LogP contribution in [0.15, 0.2) is 53.4 Å². The van der Waals surface area contributed by atoms with Gasteiger partial charge in [0.2, 0.25) is 0 Å². The Kier molecular flexibility index (Phi) is 7.76. The molecule has 1 aromatic rings. The number of phenolic OH excluding ortho intramolecular Hbond substituents is 1. The van der Waals surface area contributed by atoms with Gasteiger partial charge in [-0.05, 0) is 92.4 Å². The van der Waals surface area contributed by atoms with Gasteiger partial charge < -0.3 is 29.2 Å². The molecule has 1 saturated carbocycles. The number of aliphatic hydroxyl groups excluding tert-OH is 1. The number of fused-ring (bicyclic) bond motifs is 2. The highest BCUT2D eigenvalue weighted by atomic mass is 16.6. The lowest BCUT2D eigenvalue weighted by atomic mass is 9.51. The van der Waals surface area contributed by atoms with E-state index in [1.54, 1.807) is 32.1 Å². The molecular weight excluding hydrogens is 600 g/mol. The number of hydrogen-bond donors (Lipinski definition) is 2. The summed E-state index contributed by atoms with van der Waals surface area (Å²) in [6.45, 7) is 17.2. The standard InChI is InChI=1S/C38H44O9/c1-20(2)9-10-25-32-24(12-14-36(8,45-32)15-13-27(40)21(3)4)30(41)29-31(42)26-17-23-18-28-35(6,7)47-37(34(23)43,16-11-22(5)44-19-39)38(26,28)46-33(25)29/h9,11-12,14,17,19,23,27-28,40-41H,3,10,13,15-16,18H2,1-2,4-8H3/b22-11-/t23?,27?,28?,36-,37+,38+/m0/s1. The molecule has 2 fully saturated rings. The third kappa shape index (κ3) is 4.76. The Hall–Kier alpha value is -3.95. The zero-order chi connectivity index (χ0) is 34.3. The van der Waals surface area contributed by atoms with Gasteiger partial charge in [-0.15, -0.1) is 0 Å². The SMILES string of the molecule is C=C(C)C(O)CC[C@]1(C)C=Cc2c(O)c3c(c(CC=C(C)C)c2O1)O[C@]12C(=CC4CC1C(C)(C)O[C@]2(C/C=C(/C)OC=O)C4=O)C3=O. The van der Waals surface area contributed by atoms with E-state index in [9.17, 15) is 24.6 Å². The third-order valence-electron chi connectivity index (χ3n) is 10.7. The summed E-state index contributed by atoms with van der Waals surface area (Å²) in [5.41, 5.74) is -1.77. The molecule has 3 aliphatic heterocycles. The minimum atomic E-state index is -1.58. The van der Waals surface area contributed by atoms with Crippen molar-refractivity contribution in [2.45, 2.75) is 109 Å². The lowest BCUT2D eigenvalue weighted by Gasteiger charge is -2.56. The number of aliphatic hydroxyl groups is 1. The van der Waals surface area contributed by atoms with Crippen molar-refractivity contribution in [1.82, 2.24) is 0 Å². The summed E-state index contributed by atoms with van der Waals surface area (Å²) in [5, 5.41) is 22.3. The van der Waals surface area contributed by atoms with E-state index in [2.05, 4.69) is 6.58 Å². The first kappa shape index (κ1) is 33.0. The molecule has 4 bridgehead atoms. The lowest BCUT2D eigenvalue weighted by molar-refractivity contribution is -0.171. The average molecular weight is 645 g/mol. The second-order valence-corrected chi connectivity index (χ2v) is 14.7. The van der Waals surface area contributed by atoms with Crippen LogP contribution in [0.5, 0.6) is 17.2 Å². The van der Waals surface area contributed by atoms with Gasteiger partial charge in [0, 0.05) is 29.4 Å². The number of carbonyl (C=O) groups excluding carboxylic acids is 3. The Morgan fingerprint density at radius 2 is 1.85 bits per heavy atom. The van der Waals surface area contributed by atoms with Gasteiger partial charge in [0.1, 0.15) is 34.2 Å². The number of rotatable bonds is 10. The maximum Gasteiger partial charge on any atom is 0.298 e. The van der Waals surface area contributed by atoms with Gasteiger partial charge in [0.25, 0.3) is 6.47 Å². The first-order chi connectivity index (χ1) is 22.0. The summed E-state index contributed by atoms with van der Waals surface area (Å²) in [6, 6.07) is 0. The summed E-state index contributed by atoms with van der Waals surface area (Å²) in [4.78, 5) is 40.1. The van der Waals surface area contributed by atoms with Crippen LogP contribution in [0.25, 0.3) is 6.08 Å². The van der Waals surface area contributed by atoms with E-state index in [1.165, 1.54) is 0 Å². The van der Waals surface area contributed by atoms with Gasteiger partial charge >= 0.3 is 0 Å². The molecule has 9 heteroatoms. The number of ether oxygens (including phenoxy) is 4. The molecule has 1 saturated heterocycles. The van der Waals surface area contributed by atoms with Gasteiger partial charge in [-0.25, -0.2) is 0 Å². The Morgan fingerprint density at radius 1 is 1.13 bits per heavy atom. The zero-order valence-corrected chi connectivity index (χ0v) is 28.2. The Morgan fingerprint density at radius 3 is 2.51 bits per heavy atom.